The van der Waals surface area contributed by atoms with Crippen molar-refractivity contribution in [3.8, 4) is 22.4 Å². The van der Waals surface area contributed by atoms with Gasteiger partial charge in [-0.2, -0.15) is 0 Å². The van der Waals surface area contributed by atoms with Gasteiger partial charge in [0.2, 0.25) is 5.88 Å². The average Bonchev–Trinajstić information content (AvgIpc) is 2.83. The third-order valence-electron chi connectivity index (χ3n) is 2.62. The van der Waals surface area contributed by atoms with Gasteiger partial charge in [-0.3, -0.25) is 9.97 Å². The SMILES string of the molecule is Nc1onc(-c2cccnc2)c1-c1ccncc1. The Labute approximate surface area is 103 Å². The van der Waals surface area contributed by atoms with E-state index in [9.17, 15) is 0 Å². The molecule has 5 heteroatoms. The number of hydrogen-bond acceptors (Lipinski definition) is 5. The van der Waals surface area contributed by atoms with Crippen molar-refractivity contribution in [2.75, 3.05) is 5.73 Å². The van der Waals surface area contributed by atoms with E-state index in [1.165, 1.54) is 0 Å². The lowest BCUT2D eigenvalue weighted by Crippen LogP contribution is -1.88. The zero-order valence-electron chi connectivity index (χ0n) is 9.45. The Hall–Kier alpha value is -2.69. The van der Waals surface area contributed by atoms with Crippen molar-refractivity contribution in [3.05, 3.63) is 49.1 Å². The first-order chi connectivity index (χ1) is 8.86. The zero-order chi connectivity index (χ0) is 12.4. The van der Waals surface area contributed by atoms with Gasteiger partial charge in [0.05, 0.1) is 5.56 Å². The van der Waals surface area contributed by atoms with Gasteiger partial charge in [-0.25, -0.2) is 0 Å². The molecule has 3 rings (SSSR count). The molecule has 0 fully saturated rings. The fourth-order valence-electron chi connectivity index (χ4n) is 1.80. The largest absolute Gasteiger partial charge is 0.367 e. The van der Waals surface area contributed by atoms with Crippen LogP contribution in [0.1, 0.15) is 0 Å². The monoisotopic (exact) mass is 238 g/mol. The van der Waals surface area contributed by atoms with E-state index in [-0.39, 0.29) is 0 Å². The van der Waals surface area contributed by atoms with E-state index >= 15 is 0 Å². The second-order valence-corrected chi connectivity index (χ2v) is 3.75. The summed E-state index contributed by atoms with van der Waals surface area (Å²) in [5, 5.41) is 4.00. The summed E-state index contributed by atoms with van der Waals surface area (Å²) in [6, 6.07) is 7.48. The number of nitrogen functional groups attached to an aromatic ring is 1. The summed E-state index contributed by atoms with van der Waals surface area (Å²) in [4.78, 5) is 8.05. The first kappa shape index (κ1) is 10.5. The number of anilines is 1. The van der Waals surface area contributed by atoms with Crippen LogP contribution in [-0.2, 0) is 0 Å². The summed E-state index contributed by atoms with van der Waals surface area (Å²) in [6.07, 6.45) is 6.84. The van der Waals surface area contributed by atoms with Crippen LogP contribution in [0.4, 0.5) is 5.88 Å². The molecule has 0 spiro atoms. The summed E-state index contributed by atoms with van der Waals surface area (Å²) in [5.74, 6) is 0.292. The molecule has 3 aromatic rings. The van der Waals surface area contributed by atoms with Crippen molar-refractivity contribution in [1.82, 2.24) is 15.1 Å². The Bertz CT molecular complexity index is 649. The highest BCUT2D eigenvalue weighted by Gasteiger charge is 2.17. The van der Waals surface area contributed by atoms with E-state index in [1.807, 2.05) is 24.3 Å². The highest BCUT2D eigenvalue weighted by molar-refractivity contribution is 5.86. The predicted octanol–water partition coefficient (Wildman–Crippen LogP) is 2.38. The third kappa shape index (κ3) is 1.71. The van der Waals surface area contributed by atoms with Crippen molar-refractivity contribution in [2.24, 2.45) is 0 Å². The molecule has 0 aliphatic rings. The number of aromatic nitrogens is 3. The van der Waals surface area contributed by atoms with Gasteiger partial charge in [-0.05, 0) is 29.8 Å². The number of nitrogens with two attached hydrogens (primary N) is 1. The molecular weight excluding hydrogens is 228 g/mol. The van der Waals surface area contributed by atoms with Crippen LogP contribution in [-0.4, -0.2) is 15.1 Å². The summed E-state index contributed by atoms with van der Waals surface area (Å²) in [7, 11) is 0. The summed E-state index contributed by atoms with van der Waals surface area (Å²) >= 11 is 0. The van der Waals surface area contributed by atoms with Gasteiger partial charge in [0.15, 0.2) is 0 Å². The molecule has 0 unspecified atom stereocenters. The van der Waals surface area contributed by atoms with Crippen LogP contribution in [0, 0.1) is 0 Å². The third-order valence-corrected chi connectivity index (χ3v) is 2.62. The van der Waals surface area contributed by atoms with Crippen molar-refractivity contribution in [3.63, 3.8) is 0 Å². The van der Waals surface area contributed by atoms with Crippen molar-refractivity contribution < 1.29 is 4.52 Å². The van der Waals surface area contributed by atoms with E-state index < -0.39 is 0 Å². The second-order valence-electron chi connectivity index (χ2n) is 3.75. The predicted molar refractivity (Wildman–Crippen MR) is 67.4 cm³/mol. The lowest BCUT2D eigenvalue weighted by Gasteiger charge is -2.01. The lowest BCUT2D eigenvalue weighted by molar-refractivity contribution is 0.439. The first-order valence-corrected chi connectivity index (χ1v) is 5.42. The quantitative estimate of drug-likeness (QED) is 0.741. The van der Waals surface area contributed by atoms with Gasteiger partial charge in [-0.15, -0.1) is 0 Å². The van der Waals surface area contributed by atoms with E-state index in [4.69, 9.17) is 10.3 Å². The summed E-state index contributed by atoms with van der Waals surface area (Å²) in [6.45, 7) is 0. The normalized spacial score (nSPS) is 10.4. The topological polar surface area (TPSA) is 77.8 Å². The van der Waals surface area contributed by atoms with E-state index in [1.54, 1.807) is 24.8 Å². The minimum atomic E-state index is 0.292. The highest BCUT2D eigenvalue weighted by Crippen LogP contribution is 2.35. The minimum Gasteiger partial charge on any atom is -0.367 e. The smallest absolute Gasteiger partial charge is 0.230 e. The van der Waals surface area contributed by atoms with Crippen LogP contribution in [0.15, 0.2) is 53.6 Å². The van der Waals surface area contributed by atoms with Gasteiger partial charge in [-0.1, -0.05) is 5.16 Å². The Morgan fingerprint density at radius 2 is 1.78 bits per heavy atom. The molecule has 18 heavy (non-hydrogen) atoms. The molecule has 88 valence electrons. The van der Waals surface area contributed by atoms with Crippen molar-refractivity contribution in [2.45, 2.75) is 0 Å². The van der Waals surface area contributed by atoms with Crippen LogP contribution in [0.25, 0.3) is 22.4 Å². The van der Waals surface area contributed by atoms with Gasteiger partial charge < -0.3 is 10.3 Å². The summed E-state index contributed by atoms with van der Waals surface area (Å²) in [5.41, 5.74) is 9.08. The Morgan fingerprint density at radius 3 is 2.50 bits per heavy atom. The second kappa shape index (κ2) is 4.29. The molecule has 0 aliphatic heterocycles. The molecule has 5 nitrogen and oxygen atoms in total. The average molecular weight is 238 g/mol. The molecule has 0 saturated heterocycles. The Kier molecular flexibility index (Phi) is 2.49. The lowest BCUT2D eigenvalue weighted by atomic mass is 10.0. The van der Waals surface area contributed by atoms with E-state index in [0.717, 1.165) is 16.7 Å². The molecule has 0 saturated carbocycles. The molecule has 0 atom stereocenters. The Morgan fingerprint density at radius 1 is 0.944 bits per heavy atom. The number of hydrogen-bond donors (Lipinski definition) is 1. The minimum absolute atomic E-state index is 0.292. The molecular formula is C13H10N4O. The van der Waals surface area contributed by atoms with Gasteiger partial charge >= 0.3 is 0 Å². The van der Waals surface area contributed by atoms with Crippen molar-refractivity contribution in [1.29, 1.82) is 0 Å². The standard InChI is InChI=1S/C13H10N4O/c14-13-11(9-3-6-15-7-4-9)12(17-18-13)10-2-1-5-16-8-10/h1-8H,14H2. The molecule has 0 aromatic carbocycles. The number of pyridine rings is 2. The van der Waals surface area contributed by atoms with Crippen LogP contribution in [0.5, 0.6) is 0 Å². The molecule has 0 aliphatic carbocycles. The zero-order valence-corrected chi connectivity index (χ0v) is 9.45. The fraction of sp³-hybridized carbons (Fsp3) is 0. The maximum absolute atomic E-state index is 5.84. The molecule has 0 amide bonds. The number of nitrogens with zero attached hydrogens (tertiary/aromatic N) is 3. The van der Waals surface area contributed by atoms with E-state index in [0.29, 0.717) is 11.6 Å². The van der Waals surface area contributed by atoms with Crippen LogP contribution in [0.3, 0.4) is 0 Å². The van der Waals surface area contributed by atoms with Crippen LogP contribution in [0.2, 0.25) is 0 Å². The maximum Gasteiger partial charge on any atom is 0.230 e. The first-order valence-electron chi connectivity index (χ1n) is 5.42. The summed E-state index contributed by atoms with van der Waals surface area (Å²) < 4.78 is 5.08. The molecule has 0 radical (unpaired) electrons. The highest BCUT2D eigenvalue weighted by atomic mass is 16.5. The van der Waals surface area contributed by atoms with Gasteiger partial charge in [0.25, 0.3) is 0 Å². The van der Waals surface area contributed by atoms with Gasteiger partial charge in [0.1, 0.15) is 5.69 Å². The number of rotatable bonds is 2. The van der Waals surface area contributed by atoms with Gasteiger partial charge in [0, 0.05) is 30.4 Å². The van der Waals surface area contributed by atoms with E-state index in [2.05, 4.69) is 15.1 Å². The molecule has 3 heterocycles. The fourth-order valence-corrected chi connectivity index (χ4v) is 1.80. The Balaban J connectivity index is 2.19. The van der Waals surface area contributed by atoms with Crippen molar-refractivity contribution >= 4 is 5.88 Å². The molecule has 0 bridgehead atoms. The van der Waals surface area contributed by atoms with Crippen LogP contribution < -0.4 is 5.73 Å². The van der Waals surface area contributed by atoms with Crippen LogP contribution >= 0.6 is 0 Å². The maximum atomic E-state index is 5.84. The molecule has 3 aromatic heterocycles. The molecule has 2 N–H and O–H groups in total.